The molecule has 0 spiro atoms. The highest BCUT2D eigenvalue weighted by atomic mass is 19.1. The van der Waals surface area contributed by atoms with E-state index in [0.717, 1.165) is 18.5 Å². The van der Waals surface area contributed by atoms with E-state index >= 15 is 0 Å². The summed E-state index contributed by atoms with van der Waals surface area (Å²) < 4.78 is 24.6. The molecule has 0 saturated heterocycles. The van der Waals surface area contributed by atoms with Crippen molar-refractivity contribution in [3.8, 4) is 0 Å². The molecule has 0 bridgehead atoms. The zero-order valence-electron chi connectivity index (χ0n) is 13.3. The number of ether oxygens (including phenoxy) is 2. The summed E-state index contributed by atoms with van der Waals surface area (Å²) in [6, 6.07) is 5.23. The lowest BCUT2D eigenvalue weighted by Gasteiger charge is -2.27. The third kappa shape index (κ3) is 5.99. The Morgan fingerprint density at radius 1 is 1.14 bits per heavy atom. The molecule has 4 nitrogen and oxygen atoms in total. The van der Waals surface area contributed by atoms with Gasteiger partial charge in [-0.1, -0.05) is 19.1 Å². The molecule has 1 aromatic rings. The number of rotatable bonds is 11. The summed E-state index contributed by atoms with van der Waals surface area (Å²) >= 11 is 0. The van der Waals surface area contributed by atoms with E-state index in [1.54, 1.807) is 20.3 Å². The molecule has 0 unspecified atom stereocenters. The molecule has 0 aliphatic rings. The third-order valence-corrected chi connectivity index (χ3v) is 3.26. The normalized spacial score (nSPS) is 10.9. The van der Waals surface area contributed by atoms with Gasteiger partial charge in [0, 0.05) is 33.9 Å². The van der Waals surface area contributed by atoms with Gasteiger partial charge in [0.25, 0.3) is 0 Å². The topological polar surface area (TPSA) is 33.7 Å². The number of para-hydroxylation sites is 1. The Morgan fingerprint density at radius 3 is 2.38 bits per heavy atom. The number of benzene rings is 1. The van der Waals surface area contributed by atoms with Gasteiger partial charge in [0.2, 0.25) is 0 Å². The zero-order chi connectivity index (χ0) is 15.5. The van der Waals surface area contributed by atoms with E-state index < -0.39 is 0 Å². The molecule has 1 N–H and O–H groups in total. The van der Waals surface area contributed by atoms with Gasteiger partial charge in [-0.25, -0.2) is 4.39 Å². The van der Waals surface area contributed by atoms with Crippen LogP contribution in [0.1, 0.15) is 18.9 Å². The monoisotopic (exact) mass is 298 g/mol. The van der Waals surface area contributed by atoms with E-state index in [2.05, 4.69) is 12.2 Å². The van der Waals surface area contributed by atoms with Crippen molar-refractivity contribution in [2.45, 2.75) is 19.9 Å². The second-order valence-corrected chi connectivity index (χ2v) is 4.90. The maximum Gasteiger partial charge on any atom is 0.146 e. The lowest BCUT2D eigenvalue weighted by atomic mass is 10.1. The van der Waals surface area contributed by atoms with Crippen LogP contribution in [0.3, 0.4) is 0 Å². The predicted octanol–water partition coefficient (Wildman–Crippen LogP) is 2.42. The fraction of sp³-hybridized carbons (Fsp3) is 0.625. The van der Waals surface area contributed by atoms with Crippen molar-refractivity contribution in [2.75, 3.05) is 52.0 Å². The van der Waals surface area contributed by atoms with Crippen molar-refractivity contribution >= 4 is 5.69 Å². The van der Waals surface area contributed by atoms with Gasteiger partial charge < -0.3 is 19.7 Å². The SMILES string of the molecule is CCCNCc1cccc(F)c1N(CCOC)CCOC. The van der Waals surface area contributed by atoms with Gasteiger partial charge in [-0.3, -0.25) is 0 Å². The lowest BCUT2D eigenvalue weighted by molar-refractivity contribution is 0.190. The summed E-state index contributed by atoms with van der Waals surface area (Å²) in [5, 5.41) is 3.33. The van der Waals surface area contributed by atoms with Gasteiger partial charge in [0.1, 0.15) is 5.82 Å². The molecule has 0 atom stereocenters. The molecule has 5 heteroatoms. The number of nitrogens with zero attached hydrogens (tertiary/aromatic N) is 1. The Kier molecular flexibility index (Phi) is 8.98. The van der Waals surface area contributed by atoms with Crippen molar-refractivity contribution in [2.24, 2.45) is 0 Å². The Hall–Kier alpha value is -1.17. The van der Waals surface area contributed by atoms with Crippen LogP contribution in [-0.4, -0.2) is 47.1 Å². The number of nitrogens with one attached hydrogen (secondary N) is 1. The van der Waals surface area contributed by atoms with E-state index in [0.29, 0.717) is 38.5 Å². The van der Waals surface area contributed by atoms with E-state index in [4.69, 9.17) is 9.47 Å². The van der Waals surface area contributed by atoms with Crippen LogP contribution >= 0.6 is 0 Å². The maximum atomic E-state index is 14.3. The Bertz CT molecular complexity index is 394. The minimum atomic E-state index is -0.196. The number of hydrogen-bond acceptors (Lipinski definition) is 4. The third-order valence-electron chi connectivity index (χ3n) is 3.26. The molecule has 0 aliphatic heterocycles. The highest BCUT2D eigenvalue weighted by Gasteiger charge is 2.15. The maximum absolute atomic E-state index is 14.3. The molecule has 0 heterocycles. The van der Waals surface area contributed by atoms with E-state index in [9.17, 15) is 4.39 Å². The van der Waals surface area contributed by atoms with Crippen LogP contribution < -0.4 is 10.2 Å². The van der Waals surface area contributed by atoms with E-state index in [-0.39, 0.29) is 5.82 Å². The fourth-order valence-electron chi connectivity index (χ4n) is 2.19. The van der Waals surface area contributed by atoms with Crippen molar-refractivity contribution in [1.29, 1.82) is 0 Å². The molecule has 0 radical (unpaired) electrons. The van der Waals surface area contributed by atoms with Crippen LogP contribution in [0, 0.1) is 5.82 Å². The summed E-state index contributed by atoms with van der Waals surface area (Å²) in [7, 11) is 3.30. The average Bonchev–Trinajstić information content (AvgIpc) is 2.49. The highest BCUT2D eigenvalue weighted by Crippen LogP contribution is 2.24. The molecule has 21 heavy (non-hydrogen) atoms. The summed E-state index contributed by atoms with van der Waals surface area (Å²) in [4.78, 5) is 1.99. The van der Waals surface area contributed by atoms with Gasteiger partial charge in [0.15, 0.2) is 0 Å². The largest absolute Gasteiger partial charge is 0.383 e. The molecule has 0 fully saturated rings. The van der Waals surface area contributed by atoms with Crippen LogP contribution in [0.5, 0.6) is 0 Å². The first-order valence-electron chi connectivity index (χ1n) is 7.45. The molecule has 120 valence electrons. The van der Waals surface area contributed by atoms with Gasteiger partial charge in [0.05, 0.1) is 18.9 Å². The summed E-state index contributed by atoms with van der Waals surface area (Å²) in [6.45, 7) is 6.09. The second-order valence-electron chi connectivity index (χ2n) is 4.90. The van der Waals surface area contributed by atoms with Gasteiger partial charge in [-0.15, -0.1) is 0 Å². The minimum Gasteiger partial charge on any atom is -0.383 e. The first kappa shape index (κ1) is 17.9. The molecule has 0 aromatic heterocycles. The van der Waals surface area contributed by atoms with Crippen LogP contribution in [0.2, 0.25) is 0 Å². The van der Waals surface area contributed by atoms with Crippen molar-refractivity contribution in [3.63, 3.8) is 0 Å². The molecule has 1 aromatic carbocycles. The first-order chi connectivity index (χ1) is 10.2. The van der Waals surface area contributed by atoms with Gasteiger partial charge in [-0.2, -0.15) is 0 Å². The van der Waals surface area contributed by atoms with Crippen LogP contribution in [0.15, 0.2) is 18.2 Å². The van der Waals surface area contributed by atoms with Crippen LogP contribution in [0.4, 0.5) is 10.1 Å². The highest BCUT2D eigenvalue weighted by molar-refractivity contribution is 5.55. The Balaban J connectivity index is 2.91. The van der Waals surface area contributed by atoms with Gasteiger partial charge in [-0.05, 0) is 24.6 Å². The molecular formula is C16H27FN2O2. The van der Waals surface area contributed by atoms with Crippen molar-refractivity contribution in [1.82, 2.24) is 5.32 Å². The lowest BCUT2D eigenvalue weighted by Crippen LogP contribution is -2.33. The average molecular weight is 298 g/mol. The van der Waals surface area contributed by atoms with Gasteiger partial charge >= 0.3 is 0 Å². The summed E-state index contributed by atoms with van der Waals surface area (Å²) in [6.07, 6.45) is 1.06. The number of anilines is 1. The quantitative estimate of drug-likeness (QED) is 0.636. The standard InChI is InChI=1S/C16H27FN2O2/c1-4-8-18-13-14-6-5-7-15(17)16(14)19(9-11-20-2)10-12-21-3/h5-7,18H,4,8-13H2,1-3H3. The molecule has 0 saturated carbocycles. The molecular weight excluding hydrogens is 271 g/mol. The first-order valence-corrected chi connectivity index (χ1v) is 7.45. The minimum absolute atomic E-state index is 0.196. The summed E-state index contributed by atoms with van der Waals surface area (Å²) in [5.74, 6) is -0.196. The van der Waals surface area contributed by atoms with E-state index in [1.807, 2.05) is 11.0 Å². The number of halogens is 1. The molecule has 1 rings (SSSR count). The van der Waals surface area contributed by atoms with E-state index in [1.165, 1.54) is 6.07 Å². The molecule has 0 aliphatic carbocycles. The van der Waals surface area contributed by atoms with Crippen LogP contribution in [-0.2, 0) is 16.0 Å². The fourth-order valence-corrected chi connectivity index (χ4v) is 2.19. The van der Waals surface area contributed by atoms with Crippen LogP contribution in [0.25, 0.3) is 0 Å². The predicted molar refractivity (Wildman–Crippen MR) is 84.4 cm³/mol. The number of methoxy groups -OCH3 is 2. The van der Waals surface area contributed by atoms with Crippen molar-refractivity contribution < 1.29 is 13.9 Å². The zero-order valence-corrected chi connectivity index (χ0v) is 13.3. The molecule has 0 amide bonds. The second kappa shape index (κ2) is 10.5. The Labute approximate surface area is 127 Å². The number of hydrogen-bond donors (Lipinski definition) is 1. The Morgan fingerprint density at radius 2 is 1.81 bits per heavy atom. The van der Waals surface area contributed by atoms with Crippen molar-refractivity contribution in [3.05, 3.63) is 29.6 Å². The summed E-state index contributed by atoms with van der Waals surface area (Å²) in [5.41, 5.74) is 1.62. The smallest absolute Gasteiger partial charge is 0.146 e.